The highest BCUT2D eigenvalue weighted by molar-refractivity contribution is 5.73. The van der Waals surface area contributed by atoms with Crippen molar-refractivity contribution in [1.82, 2.24) is 9.78 Å². The molecule has 2 rings (SSSR count). The number of carbonyl (C=O) groups excluding carboxylic acids is 1. The maximum absolute atomic E-state index is 11.5. The molecular formula is C15H17N3O4. The van der Waals surface area contributed by atoms with Gasteiger partial charge in [-0.05, 0) is 13.8 Å². The fourth-order valence-corrected chi connectivity index (χ4v) is 2.38. The average molecular weight is 303 g/mol. The van der Waals surface area contributed by atoms with Crippen LogP contribution < -0.4 is 0 Å². The van der Waals surface area contributed by atoms with Crippen molar-refractivity contribution < 1.29 is 14.5 Å². The summed E-state index contributed by atoms with van der Waals surface area (Å²) in [6.07, 6.45) is -1.07. The van der Waals surface area contributed by atoms with Crippen molar-refractivity contribution in [1.29, 1.82) is 0 Å². The molecule has 0 N–H and O–H groups in total. The van der Waals surface area contributed by atoms with Gasteiger partial charge < -0.3 is 4.74 Å². The predicted octanol–water partition coefficient (Wildman–Crippen LogP) is 2.04. The van der Waals surface area contributed by atoms with Gasteiger partial charge in [-0.3, -0.25) is 14.9 Å². The van der Waals surface area contributed by atoms with Gasteiger partial charge in [-0.15, -0.1) is 0 Å². The van der Waals surface area contributed by atoms with Gasteiger partial charge in [-0.25, -0.2) is 0 Å². The maximum atomic E-state index is 11.5. The molecule has 7 heteroatoms. The fourth-order valence-electron chi connectivity index (χ4n) is 2.38. The van der Waals surface area contributed by atoms with Crippen LogP contribution in [0.5, 0.6) is 0 Å². The Balaban J connectivity index is 2.48. The summed E-state index contributed by atoms with van der Waals surface area (Å²) in [5.74, 6) is -0.400. The monoisotopic (exact) mass is 303 g/mol. The van der Waals surface area contributed by atoms with Crippen LogP contribution in [0.1, 0.15) is 28.7 Å². The molecule has 7 nitrogen and oxygen atoms in total. The van der Waals surface area contributed by atoms with Crippen molar-refractivity contribution >= 4 is 5.97 Å². The van der Waals surface area contributed by atoms with Crippen LogP contribution in [0.4, 0.5) is 0 Å². The standard InChI is InChI=1S/C15H17N3O4/c1-10-13(9-14(19)22-3)11(2)17(16-10)15(18(20)21)12-7-5-4-6-8-12/h4-8,15H,9H2,1-3H3. The number of carbonyl (C=O) groups is 1. The molecule has 1 aromatic heterocycles. The van der Waals surface area contributed by atoms with E-state index in [0.717, 1.165) is 0 Å². The van der Waals surface area contributed by atoms with Crippen LogP contribution in [0.15, 0.2) is 30.3 Å². The van der Waals surface area contributed by atoms with Gasteiger partial charge in [-0.2, -0.15) is 9.78 Å². The molecule has 0 bridgehead atoms. The van der Waals surface area contributed by atoms with E-state index in [1.165, 1.54) is 11.8 Å². The number of hydrogen-bond donors (Lipinski definition) is 0. The van der Waals surface area contributed by atoms with Gasteiger partial charge >= 0.3 is 12.1 Å². The average Bonchev–Trinajstić information content (AvgIpc) is 2.76. The first-order chi connectivity index (χ1) is 10.5. The Morgan fingerprint density at radius 2 is 2.00 bits per heavy atom. The number of methoxy groups -OCH3 is 1. The second kappa shape index (κ2) is 6.38. The molecule has 0 aliphatic rings. The number of rotatable bonds is 5. The second-order valence-electron chi connectivity index (χ2n) is 4.92. The van der Waals surface area contributed by atoms with Crippen LogP contribution in [0.3, 0.4) is 0 Å². The summed E-state index contributed by atoms with van der Waals surface area (Å²) < 4.78 is 6.01. The molecule has 0 fully saturated rings. The number of ether oxygens (including phenoxy) is 1. The Hall–Kier alpha value is -2.70. The van der Waals surface area contributed by atoms with E-state index in [-0.39, 0.29) is 6.42 Å². The van der Waals surface area contributed by atoms with Crippen LogP contribution in [0, 0.1) is 24.0 Å². The lowest BCUT2D eigenvalue weighted by molar-refractivity contribution is -0.538. The molecule has 1 unspecified atom stereocenters. The summed E-state index contributed by atoms with van der Waals surface area (Å²) in [6, 6.07) is 8.65. The topological polar surface area (TPSA) is 87.3 Å². The highest BCUT2D eigenvalue weighted by Gasteiger charge is 2.29. The summed E-state index contributed by atoms with van der Waals surface area (Å²) in [4.78, 5) is 22.6. The van der Waals surface area contributed by atoms with Crippen LogP contribution in [0.2, 0.25) is 0 Å². The summed E-state index contributed by atoms with van der Waals surface area (Å²) in [7, 11) is 1.31. The molecule has 0 radical (unpaired) electrons. The Morgan fingerprint density at radius 3 is 2.55 bits per heavy atom. The summed E-state index contributed by atoms with van der Waals surface area (Å²) >= 11 is 0. The Kier molecular flexibility index (Phi) is 4.55. The van der Waals surface area contributed by atoms with Crippen molar-refractivity contribution in [2.45, 2.75) is 26.4 Å². The van der Waals surface area contributed by atoms with E-state index >= 15 is 0 Å². The lowest BCUT2D eigenvalue weighted by atomic mass is 10.1. The van der Waals surface area contributed by atoms with E-state index in [4.69, 9.17) is 0 Å². The van der Waals surface area contributed by atoms with Gasteiger partial charge in [-0.1, -0.05) is 30.3 Å². The molecule has 0 saturated heterocycles. The lowest BCUT2D eigenvalue weighted by Crippen LogP contribution is -2.22. The van der Waals surface area contributed by atoms with Gasteiger partial charge in [0.25, 0.3) is 0 Å². The fraction of sp³-hybridized carbons (Fsp3) is 0.333. The zero-order valence-corrected chi connectivity index (χ0v) is 12.6. The quantitative estimate of drug-likeness (QED) is 0.479. The third-order valence-electron chi connectivity index (χ3n) is 3.55. The largest absolute Gasteiger partial charge is 0.469 e. The number of nitro groups is 1. The molecule has 1 heterocycles. The van der Waals surface area contributed by atoms with Gasteiger partial charge in [0, 0.05) is 16.8 Å². The van der Waals surface area contributed by atoms with E-state index in [1.54, 1.807) is 44.2 Å². The molecule has 2 aromatic rings. The van der Waals surface area contributed by atoms with Gasteiger partial charge in [0.1, 0.15) is 0 Å². The number of nitrogens with zero attached hydrogens (tertiary/aromatic N) is 3. The molecule has 0 aliphatic heterocycles. The van der Waals surface area contributed by atoms with E-state index in [0.29, 0.717) is 22.5 Å². The van der Waals surface area contributed by atoms with Crippen LogP contribution in [0.25, 0.3) is 0 Å². The van der Waals surface area contributed by atoms with Gasteiger partial charge in [0.05, 0.1) is 24.1 Å². The molecule has 0 saturated carbocycles. The Bertz CT molecular complexity index is 694. The molecule has 116 valence electrons. The van der Waals surface area contributed by atoms with Gasteiger partial charge in [0.15, 0.2) is 0 Å². The zero-order chi connectivity index (χ0) is 16.3. The molecular weight excluding hydrogens is 286 g/mol. The Morgan fingerprint density at radius 1 is 1.36 bits per heavy atom. The molecule has 0 aliphatic carbocycles. The second-order valence-corrected chi connectivity index (χ2v) is 4.92. The maximum Gasteiger partial charge on any atom is 0.331 e. The molecule has 22 heavy (non-hydrogen) atoms. The number of aromatic nitrogens is 2. The molecule has 0 amide bonds. The number of benzene rings is 1. The van der Waals surface area contributed by atoms with Crippen LogP contribution in [-0.4, -0.2) is 27.8 Å². The van der Waals surface area contributed by atoms with E-state index < -0.39 is 17.1 Å². The van der Waals surface area contributed by atoms with Crippen LogP contribution in [-0.2, 0) is 16.0 Å². The smallest absolute Gasteiger partial charge is 0.331 e. The first-order valence-electron chi connectivity index (χ1n) is 6.75. The third kappa shape index (κ3) is 2.98. The third-order valence-corrected chi connectivity index (χ3v) is 3.55. The number of aryl methyl sites for hydroxylation is 1. The lowest BCUT2D eigenvalue weighted by Gasteiger charge is -2.12. The SMILES string of the molecule is COC(=O)Cc1c(C)nn(C(c2ccccc2)[N+](=O)[O-])c1C. The van der Waals surface area contributed by atoms with E-state index in [9.17, 15) is 14.9 Å². The highest BCUT2D eigenvalue weighted by Crippen LogP contribution is 2.24. The molecule has 1 aromatic carbocycles. The first kappa shape index (κ1) is 15.7. The molecule has 0 spiro atoms. The minimum atomic E-state index is -1.12. The predicted molar refractivity (Wildman–Crippen MR) is 79.0 cm³/mol. The van der Waals surface area contributed by atoms with Crippen molar-refractivity contribution in [2.24, 2.45) is 0 Å². The summed E-state index contributed by atoms with van der Waals surface area (Å²) in [5, 5.41) is 15.8. The van der Waals surface area contributed by atoms with Crippen molar-refractivity contribution in [3.63, 3.8) is 0 Å². The normalized spacial score (nSPS) is 12.0. The summed E-state index contributed by atoms with van der Waals surface area (Å²) in [6.45, 7) is 3.45. The number of hydrogen-bond acceptors (Lipinski definition) is 5. The van der Waals surface area contributed by atoms with Crippen LogP contribution >= 0.6 is 0 Å². The zero-order valence-electron chi connectivity index (χ0n) is 12.6. The first-order valence-corrected chi connectivity index (χ1v) is 6.75. The van der Waals surface area contributed by atoms with E-state index in [1.807, 2.05) is 0 Å². The summed E-state index contributed by atoms with van der Waals surface area (Å²) in [5.41, 5.74) is 2.37. The highest BCUT2D eigenvalue weighted by atomic mass is 16.6. The van der Waals surface area contributed by atoms with Crippen molar-refractivity contribution in [3.8, 4) is 0 Å². The minimum absolute atomic E-state index is 0.0490. The number of esters is 1. The Labute approximate surface area is 127 Å². The molecule has 1 atom stereocenters. The van der Waals surface area contributed by atoms with Gasteiger partial charge in [0.2, 0.25) is 0 Å². The minimum Gasteiger partial charge on any atom is -0.469 e. The van der Waals surface area contributed by atoms with E-state index in [2.05, 4.69) is 9.84 Å². The van der Waals surface area contributed by atoms with Crippen molar-refractivity contribution in [3.05, 3.63) is 63.0 Å². The van der Waals surface area contributed by atoms with Crippen molar-refractivity contribution in [2.75, 3.05) is 7.11 Å².